The number of fused-ring (bicyclic) bond motifs is 3. The van der Waals surface area contributed by atoms with Crippen LogP contribution in [0.5, 0.6) is 0 Å². The summed E-state index contributed by atoms with van der Waals surface area (Å²) in [6, 6.07) is 0. The summed E-state index contributed by atoms with van der Waals surface area (Å²) in [5.41, 5.74) is 2.86. The largest absolute Gasteiger partial charge is 0.316 e. The zero-order chi connectivity index (χ0) is 8.67. The van der Waals surface area contributed by atoms with Crippen LogP contribution in [0.2, 0.25) is 0 Å². The van der Waals surface area contributed by atoms with Gasteiger partial charge in [-0.25, -0.2) is 0 Å². The molecule has 1 aliphatic carbocycles. The van der Waals surface area contributed by atoms with Crippen molar-refractivity contribution in [2.75, 3.05) is 13.1 Å². The fourth-order valence-electron chi connectivity index (χ4n) is 2.78. The molecule has 70 valence electrons. The summed E-state index contributed by atoms with van der Waals surface area (Å²) >= 11 is 0. The Bertz CT molecular complexity index is 305. The Labute approximate surface area is 77.9 Å². The second kappa shape index (κ2) is 2.84. The monoisotopic (exact) mass is 177 g/mol. The normalized spacial score (nSPS) is 32.3. The van der Waals surface area contributed by atoms with Gasteiger partial charge in [-0.15, -0.1) is 0 Å². The van der Waals surface area contributed by atoms with Crippen LogP contribution in [-0.4, -0.2) is 23.3 Å². The molecule has 2 unspecified atom stereocenters. The number of aryl methyl sites for hydroxylation is 1. The third-order valence-corrected chi connectivity index (χ3v) is 3.53. The summed E-state index contributed by atoms with van der Waals surface area (Å²) in [7, 11) is 0. The zero-order valence-electron chi connectivity index (χ0n) is 7.71. The highest BCUT2D eigenvalue weighted by Gasteiger charge is 2.32. The molecule has 2 heterocycles. The molecule has 0 saturated carbocycles. The summed E-state index contributed by atoms with van der Waals surface area (Å²) in [6.45, 7) is 2.34. The zero-order valence-corrected chi connectivity index (χ0v) is 7.71. The van der Waals surface area contributed by atoms with Gasteiger partial charge in [0.05, 0.1) is 6.20 Å². The van der Waals surface area contributed by atoms with Gasteiger partial charge in [0.2, 0.25) is 0 Å². The van der Waals surface area contributed by atoms with E-state index < -0.39 is 0 Å². The lowest BCUT2D eigenvalue weighted by Gasteiger charge is -2.35. The quantitative estimate of drug-likeness (QED) is 0.622. The summed E-state index contributed by atoms with van der Waals surface area (Å²) in [4.78, 5) is 0. The predicted octanol–water partition coefficient (Wildman–Crippen LogP) is 1.05. The minimum Gasteiger partial charge on any atom is -0.316 e. The second-order valence-electron chi connectivity index (χ2n) is 4.21. The van der Waals surface area contributed by atoms with Crippen LogP contribution >= 0.6 is 0 Å². The van der Waals surface area contributed by atoms with E-state index >= 15 is 0 Å². The lowest BCUT2D eigenvalue weighted by atomic mass is 9.75. The predicted molar refractivity (Wildman–Crippen MR) is 50.6 cm³/mol. The first-order chi connectivity index (χ1) is 6.45. The maximum Gasteiger partial charge on any atom is 0.0522 e. The van der Waals surface area contributed by atoms with Crippen LogP contribution in [0.15, 0.2) is 6.20 Å². The van der Waals surface area contributed by atoms with E-state index in [0.29, 0.717) is 5.92 Å². The van der Waals surface area contributed by atoms with E-state index in [0.717, 1.165) is 12.5 Å². The lowest BCUT2D eigenvalue weighted by Crippen LogP contribution is -2.37. The molecule has 0 bridgehead atoms. The Morgan fingerprint density at radius 2 is 2.38 bits per heavy atom. The first-order valence-corrected chi connectivity index (χ1v) is 5.18. The smallest absolute Gasteiger partial charge is 0.0522 e. The molecule has 1 aromatic heterocycles. The Morgan fingerprint density at radius 3 is 3.38 bits per heavy atom. The fourth-order valence-corrected chi connectivity index (χ4v) is 2.78. The van der Waals surface area contributed by atoms with Gasteiger partial charge in [-0.2, -0.15) is 5.10 Å². The number of aromatic amines is 1. The molecular formula is C10H15N3. The number of rotatable bonds is 0. The number of piperidine rings is 1. The van der Waals surface area contributed by atoms with Gasteiger partial charge in [0.25, 0.3) is 0 Å². The Kier molecular flexibility index (Phi) is 1.65. The molecule has 0 amide bonds. The van der Waals surface area contributed by atoms with Gasteiger partial charge in [0.15, 0.2) is 0 Å². The van der Waals surface area contributed by atoms with Crippen LogP contribution < -0.4 is 5.32 Å². The molecule has 13 heavy (non-hydrogen) atoms. The van der Waals surface area contributed by atoms with Crippen molar-refractivity contribution in [2.24, 2.45) is 5.92 Å². The summed E-state index contributed by atoms with van der Waals surface area (Å²) < 4.78 is 0. The van der Waals surface area contributed by atoms with Gasteiger partial charge < -0.3 is 5.32 Å². The van der Waals surface area contributed by atoms with Gasteiger partial charge in [0, 0.05) is 18.2 Å². The average molecular weight is 177 g/mol. The summed E-state index contributed by atoms with van der Waals surface area (Å²) in [5.74, 6) is 1.61. The van der Waals surface area contributed by atoms with E-state index in [1.807, 2.05) is 6.20 Å². The lowest BCUT2D eigenvalue weighted by molar-refractivity contribution is 0.287. The van der Waals surface area contributed by atoms with Crippen molar-refractivity contribution in [3.8, 4) is 0 Å². The molecule has 0 radical (unpaired) electrons. The second-order valence-corrected chi connectivity index (χ2v) is 4.21. The Hall–Kier alpha value is -0.830. The molecule has 0 spiro atoms. The van der Waals surface area contributed by atoms with E-state index in [4.69, 9.17) is 0 Å². The van der Waals surface area contributed by atoms with Crippen LogP contribution in [-0.2, 0) is 6.42 Å². The van der Waals surface area contributed by atoms with Gasteiger partial charge in [0.1, 0.15) is 0 Å². The van der Waals surface area contributed by atoms with Crippen molar-refractivity contribution in [1.29, 1.82) is 0 Å². The standard InChI is InChI=1S/C10H15N3/c1-2-8-5-12-13-10(8)9-6-11-4-3-7(1)9/h5,7,9,11H,1-4,6H2,(H,12,13). The maximum absolute atomic E-state index is 4.14. The van der Waals surface area contributed by atoms with E-state index in [1.54, 1.807) is 0 Å². The number of nitrogens with zero attached hydrogens (tertiary/aromatic N) is 1. The molecule has 3 heteroatoms. The van der Waals surface area contributed by atoms with Crippen LogP contribution in [0.3, 0.4) is 0 Å². The van der Waals surface area contributed by atoms with Crippen molar-refractivity contribution >= 4 is 0 Å². The van der Waals surface area contributed by atoms with Crippen molar-refractivity contribution in [3.63, 3.8) is 0 Å². The minimum atomic E-state index is 0.708. The molecule has 0 aromatic carbocycles. The first-order valence-electron chi connectivity index (χ1n) is 5.18. The van der Waals surface area contributed by atoms with Gasteiger partial charge in [-0.3, -0.25) is 5.10 Å². The highest BCUT2D eigenvalue weighted by Crippen LogP contribution is 2.37. The molecule has 1 aromatic rings. The number of hydrogen-bond donors (Lipinski definition) is 2. The van der Waals surface area contributed by atoms with Crippen LogP contribution in [0.25, 0.3) is 0 Å². The topological polar surface area (TPSA) is 40.7 Å². The first kappa shape index (κ1) is 7.56. The molecule has 2 aliphatic rings. The third kappa shape index (κ3) is 1.10. The van der Waals surface area contributed by atoms with Gasteiger partial charge in [-0.1, -0.05) is 0 Å². The van der Waals surface area contributed by atoms with Gasteiger partial charge >= 0.3 is 0 Å². The SMILES string of the molecule is c1n[nH]c2c1CCC1CCNCC21. The molecular weight excluding hydrogens is 162 g/mol. The van der Waals surface area contributed by atoms with E-state index in [1.165, 1.54) is 37.1 Å². The van der Waals surface area contributed by atoms with Gasteiger partial charge in [-0.05, 0) is 37.3 Å². The average Bonchev–Trinajstić information content (AvgIpc) is 2.65. The molecule has 2 N–H and O–H groups in total. The van der Waals surface area contributed by atoms with Crippen molar-refractivity contribution in [1.82, 2.24) is 15.5 Å². The number of H-pyrrole nitrogens is 1. The summed E-state index contributed by atoms with van der Waals surface area (Å²) in [6.07, 6.45) is 5.93. The molecule has 2 atom stereocenters. The minimum absolute atomic E-state index is 0.708. The number of hydrogen-bond acceptors (Lipinski definition) is 2. The Balaban J connectivity index is 1.97. The molecule has 3 nitrogen and oxygen atoms in total. The maximum atomic E-state index is 4.14. The van der Waals surface area contributed by atoms with E-state index in [9.17, 15) is 0 Å². The third-order valence-electron chi connectivity index (χ3n) is 3.53. The van der Waals surface area contributed by atoms with Crippen LogP contribution in [0.1, 0.15) is 30.0 Å². The van der Waals surface area contributed by atoms with Crippen LogP contribution in [0.4, 0.5) is 0 Å². The van der Waals surface area contributed by atoms with Crippen LogP contribution in [0, 0.1) is 5.92 Å². The summed E-state index contributed by atoms with van der Waals surface area (Å²) in [5, 5.41) is 10.8. The molecule has 1 fully saturated rings. The molecule has 3 rings (SSSR count). The van der Waals surface area contributed by atoms with E-state index in [2.05, 4.69) is 15.5 Å². The number of nitrogens with one attached hydrogen (secondary N) is 2. The fraction of sp³-hybridized carbons (Fsp3) is 0.700. The number of aromatic nitrogens is 2. The highest BCUT2D eigenvalue weighted by atomic mass is 15.1. The van der Waals surface area contributed by atoms with E-state index in [-0.39, 0.29) is 0 Å². The Morgan fingerprint density at radius 1 is 1.38 bits per heavy atom. The van der Waals surface area contributed by atoms with Crippen molar-refractivity contribution in [3.05, 3.63) is 17.5 Å². The highest BCUT2D eigenvalue weighted by molar-refractivity contribution is 5.25. The van der Waals surface area contributed by atoms with Crippen molar-refractivity contribution < 1.29 is 0 Å². The molecule has 1 saturated heterocycles. The molecule has 1 aliphatic heterocycles. The van der Waals surface area contributed by atoms with Crippen molar-refractivity contribution in [2.45, 2.75) is 25.2 Å².